The lowest BCUT2D eigenvalue weighted by atomic mass is 9.98. The number of rotatable bonds is 4. The minimum atomic E-state index is -1.04. The molecular formula is C21H18ClN3O4. The standard InChI is InChI=1S/C21H18ClN3O4/c1-3-29-21(28)17-16-18(25(23-17)15-6-4-5-13(22)11-15)20(27)24(19(16)26)14-9-7-12(2)8-10-14/h4-11,16,18H,3H2,1-2H3/t16-,18+/m1/s1. The lowest BCUT2D eigenvalue weighted by Crippen LogP contribution is -2.39. The monoisotopic (exact) mass is 411 g/mol. The van der Waals surface area contributed by atoms with Crippen molar-refractivity contribution in [2.75, 3.05) is 16.5 Å². The summed E-state index contributed by atoms with van der Waals surface area (Å²) in [5, 5.41) is 6.13. The van der Waals surface area contributed by atoms with E-state index in [2.05, 4.69) is 5.10 Å². The minimum absolute atomic E-state index is 0.0789. The van der Waals surface area contributed by atoms with Crippen LogP contribution in [0, 0.1) is 12.8 Å². The quantitative estimate of drug-likeness (QED) is 0.571. The van der Waals surface area contributed by atoms with Gasteiger partial charge in [0.25, 0.3) is 5.91 Å². The number of esters is 1. The Hall–Kier alpha value is -3.19. The minimum Gasteiger partial charge on any atom is -0.461 e. The summed E-state index contributed by atoms with van der Waals surface area (Å²) < 4.78 is 5.08. The number of carbonyl (C=O) groups excluding carboxylic acids is 3. The first-order valence-corrected chi connectivity index (χ1v) is 9.55. The van der Waals surface area contributed by atoms with E-state index >= 15 is 0 Å². The zero-order valence-corrected chi connectivity index (χ0v) is 16.6. The summed E-state index contributed by atoms with van der Waals surface area (Å²) in [6.45, 7) is 3.72. The van der Waals surface area contributed by atoms with Crippen LogP contribution in [-0.4, -0.2) is 36.1 Å². The highest BCUT2D eigenvalue weighted by Crippen LogP contribution is 2.38. The second kappa shape index (κ2) is 7.33. The van der Waals surface area contributed by atoms with Crippen LogP contribution in [-0.2, 0) is 19.1 Å². The first-order chi connectivity index (χ1) is 13.9. The van der Waals surface area contributed by atoms with Gasteiger partial charge in [0.1, 0.15) is 12.0 Å². The number of benzene rings is 2. The van der Waals surface area contributed by atoms with Gasteiger partial charge in [-0.05, 0) is 44.2 Å². The molecule has 2 aliphatic rings. The fourth-order valence-electron chi connectivity index (χ4n) is 3.57. The molecule has 0 aromatic heterocycles. The lowest BCUT2D eigenvalue weighted by Gasteiger charge is -2.22. The third kappa shape index (κ3) is 3.17. The van der Waals surface area contributed by atoms with Crippen molar-refractivity contribution in [2.45, 2.75) is 19.9 Å². The van der Waals surface area contributed by atoms with Crippen LogP contribution >= 0.6 is 11.6 Å². The van der Waals surface area contributed by atoms with E-state index in [1.807, 2.05) is 19.1 Å². The summed E-state index contributed by atoms with van der Waals surface area (Å²) >= 11 is 6.09. The van der Waals surface area contributed by atoms with Gasteiger partial charge in [0, 0.05) is 5.02 Å². The van der Waals surface area contributed by atoms with E-state index < -0.39 is 29.7 Å². The third-order valence-corrected chi connectivity index (χ3v) is 5.13. The highest BCUT2D eigenvalue weighted by atomic mass is 35.5. The third-order valence-electron chi connectivity index (χ3n) is 4.90. The summed E-state index contributed by atoms with van der Waals surface area (Å²) in [6.07, 6.45) is 0. The number of halogens is 1. The van der Waals surface area contributed by atoms with E-state index in [1.165, 1.54) is 5.01 Å². The largest absolute Gasteiger partial charge is 0.461 e. The second-order valence-electron chi connectivity index (χ2n) is 6.80. The summed E-state index contributed by atoms with van der Waals surface area (Å²) in [7, 11) is 0. The smallest absolute Gasteiger partial charge is 0.355 e. The van der Waals surface area contributed by atoms with E-state index in [4.69, 9.17) is 16.3 Å². The molecule has 2 aliphatic heterocycles. The maximum atomic E-state index is 13.3. The summed E-state index contributed by atoms with van der Waals surface area (Å²) in [4.78, 5) is 40.1. The first-order valence-electron chi connectivity index (χ1n) is 9.17. The molecule has 1 fully saturated rings. The van der Waals surface area contributed by atoms with Crippen LogP contribution in [0.5, 0.6) is 0 Å². The molecule has 2 heterocycles. The van der Waals surface area contributed by atoms with Crippen LogP contribution in [0.2, 0.25) is 5.02 Å². The molecule has 1 saturated heterocycles. The van der Waals surface area contributed by atoms with E-state index in [9.17, 15) is 14.4 Å². The molecule has 0 saturated carbocycles. The van der Waals surface area contributed by atoms with Crippen molar-refractivity contribution in [1.82, 2.24) is 0 Å². The van der Waals surface area contributed by atoms with Gasteiger partial charge in [-0.15, -0.1) is 0 Å². The normalized spacial score (nSPS) is 20.7. The highest BCUT2D eigenvalue weighted by molar-refractivity contribution is 6.47. The van der Waals surface area contributed by atoms with E-state index in [0.717, 1.165) is 10.5 Å². The molecule has 7 nitrogen and oxygen atoms in total. The van der Waals surface area contributed by atoms with E-state index in [-0.39, 0.29) is 12.3 Å². The van der Waals surface area contributed by atoms with Crippen molar-refractivity contribution in [3.8, 4) is 0 Å². The number of aryl methyl sites for hydroxylation is 1. The molecule has 8 heteroatoms. The van der Waals surface area contributed by atoms with Gasteiger partial charge in [-0.25, -0.2) is 9.69 Å². The molecule has 29 heavy (non-hydrogen) atoms. The predicted molar refractivity (Wildman–Crippen MR) is 109 cm³/mol. The van der Waals surface area contributed by atoms with Crippen LogP contribution in [0.1, 0.15) is 12.5 Å². The van der Waals surface area contributed by atoms with Crippen molar-refractivity contribution in [3.05, 3.63) is 59.1 Å². The number of imide groups is 1. The topological polar surface area (TPSA) is 79.3 Å². The Kier molecular flexibility index (Phi) is 4.84. The van der Waals surface area contributed by atoms with Gasteiger partial charge in [0.2, 0.25) is 5.91 Å². The average molecular weight is 412 g/mol. The number of hydrogen-bond donors (Lipinski definition) is 0. The average Bonchev–Trinajstić information content (AvgIpc) is 3.21. The van der Waals surface area contributed by atoms with Crippen molar-refractivity contribution in [2.24, 2.45) is 11.0 Å². The molecule has 2 aromatic carbocycles. The lowest BCUT2D eigenvalue weighted by molar-refractivity contribution is -0.136. The van der Waals surface area contributed by atoms with Gasteiger partial charge in [-0.2, -0.15) is 5.10 Å². The number of fused-ring (bicyclic) bond motifs is 1. The molecule has 0 N–H and O–H groups in total. The van der Waals surface area contributed by atoms with Crippen LogP contribution < -0.4 is 9.91 Å². The molecule has 0 unspecified atom stereocenters. The molecule has 0 bridgehead atoms. The maximum absolute atomic E-state index is 13.3. The van der Waals surface area contributed by atoms with Crippen LogP contribution in [0.15, 0.2) is 53.6 Å². The van der Waals surface area contributed by atoms with Crippen molar-refractivity contribution < 1.29 is 19.1 Å². The molecule has 0 radical (unpaired) electrons. The predicted octanol–water partition coefficient (Wildman–Crippen LogP) is 2.95. The Morgan fingerprint density at radius 1 is 1.10 bits per heavy atom. The van der Waals surface area contributed by atoms with Gasteiger partial charge in [0.15, 0.2) is 5.71 Å². The molecule has 148 valence electrons. The van der Waals surface area contributed by atoms with Crippen LogP contribution in [0.25, 0.3) is 0 Å². The molecule has 2 amide bonds. The number of hydrazone groups is 1. The number of anilines is 2. The van der Waals surface area contributed by atoms with Gasteiger partial charge in [0.05, 0.1) is 18.0 Å². The maximum Gasteiger partial charge on any atom is 0.355 e. The van der Waals surface area contributed by atoms with Gasteiger partial charge < -0.3 is 4.74 Å². The molecule has 2 atom stereocenters. The summed E-state index contributed by atoms with van der Waals surface area (Å²) in [5.74, 6) is -2.70. The second-order valence-corrected chi connectivity index (χ2v) is 7.24. The van der Waals surface area contributed by atoms with Gasteiger partial charge in [-0.3, -0.25) is 14.6 Å². The van der Waals surface area contributed by atoms with Gasteiger partial charge >= 0.3 is 5.97 Å². The SMILES string of the molecule is CCOC(=O)C1=NN(c2cccc(Cl)c2)[C@@H]2C(=O)N(c3ccc(C)cc3)C(=O)[C@H]12. The Morgan fingerprint density at radius 3 is 2.48 bits per heavy atom. The zero-order chi connectivity index (χ0) is 20.7. The Bertz CT molecular complexity index is 1030. The molecule has 0 spiro atoms. The fraction of sp³-hybridized carbons (Fsp3) is 0.238. The Labute approximate surface area is 172 Å². The fourth-order valence-corrected chi connectivity index (χ4v) is 3.75. The van der Waals surface area contributed by atoms with Crippen molar-refractivity contribution >= 4 is 46.5 Å². The number of hydrogen-bond acceptors (Lipinski definition) is 6. The van der Waals surface area contributed by atoms with Crippen molar-refractivity contribution in [1.29, 1.82) is 0 Å². The van der Waals surface area contributed by atoms with Crippen LogP contribution in [0.3, 0.4) is 0 Å². The molecule has 4 rings (SSSR count). The molecular weight excluding hydrogens is 394 g/mol. The van der Waals surface area contributed by atoms with E-state index in [0.29, 0.717) is 16.4 Å². The van der Waals surface area contributed by atoms with Crippen LogP contribution in [0.4, 0.5) is 11.4 Å². The number of carbonyl (C=O) groups is 3. The molecule has 0 aliphatic carbocycles. The highest BCUT2D eigenvalue weighted by Gasteiger charge is 2.59. The number of nitrogens with zero attached hydrogens (tertiary/aromatic N) is 3. The Balaban J connectivity index is 1.79. The number of amides is 2. The Morgan fingerprint density at radius 2 is 1.83 bits per heavy atom. The first kappa shape index (κ1) is 19.1. The van der Waals surface area contributed by atoms with Gasteiger partial charge in [-0.1, -0.05) is 35.4 Å². The zero-order valence-electron chi connectivity index (χ0n) is 15.8. The number of ether oxygens (including phenoxy) is 1. The van der Waals surface area contributed by atoms with Crippen molar-refractivity contribution in [3.63, 3.8) is 0 Å². The molecule has 2 aromatic rings. The van der Waals surface area contributed by atoms with E-state index in [1.54, 1.807) is 43.3 Å². The summed E-state index contributed by atoms with van der Waals surface area (Å²) in [5.41, 5.74) is 1.89. The summed E-state index contributed by atoms with van der Waals surface area (Å²) in [6, 6.07) is 12.8.